The van der Waals surface area contributed by atoms with Crippen LogP contribution in [0.15, 0.2) is 11.3 Å². The molecule has 0 radical (unpaired) electrons. The van der Waals surface area contributed by atoms with Gasteiger partial charge in [0.2, 0.25) is 0 Å². The minimum absolute atomic E-state index is 0.150. The van der Waals surface area contributed by atoms with E-state index in [9.17, 15) is 4.79 Å². The predicted octanol–water partition coefficient (Wildman–Crippen LogP) is 1.36. The van der Waals surface area contributed by atoms with Crippen molar-refractivity contribution in [3.8, 4) is 0 Å². The van der Waals surface area contributed by atoms with Gasteiger partial charge in [-0.05, 0) is 32.6 Å². The van der Waals surface area contributed by atoms with Crippen LogP contribution in [0.5, 0.6) is 0 Å². The summed E-state index contributed by atoms with van der Waals surface area (Å²) in [6.07, 6.45) is 4.06. The van der Waals surface area contributed by atoms with Gasteiger partial charge >= 0.3 is 0 Å². The number of allylic oxidation sites excluding steroid dienone is 2. The molecule has 0 aliphatic heterocycles. The van der Waals surface area contributed by atoms with Crippen molar-refractivity contribution in [3.63, 3.8) is 0 Å². The number of carbonyl (C=O) groups excluding carboxylic acids is 1. The van der Waals surface area contributed by atoms with Crippen LogP contribution in [0.25, 0.3) is 0 Å². The molecular formula is C8H13NO. The van der Waals surface area contributed by atoms with Crippen LogP contribution in [0, 0.1) is 0 Å². The first kappa shape index (κ1) is 7.32. The Morgan fingerprint density at radius 3 is 2.40 bits per heavy atom. The summed E-state index contributed by atoms with van der Waals surface area (Å²) in [5.41, 5.74) is 7.32. The summed E-state index contributed by atoms with van der Waals surface area (Å²) in [6, 6.07) is 0. The first-order valence-electron chi connectivity index (χ1n) is 3.70. The van der Waals surface area contributed by atoms with Gasteiger partial charge in [0.25, 0.3) is 0 Å². The smallest absolute Gasteiger partial charge is 0.157 e. The second-order valence-electron chi connectivity index (χ2n) is 2.77. The van der Waals surface area contributed by atoms with Crippen LogP contribution in [0.3, 0.4) is 0 Å². The van der Waals surface area contributed by atoms with E-state index < -0.39 is 0 Å². The third-order valence-electron chi connectivity index (χ3n) is 1.94. The van der Waals surface area contributed by atoms with Crippen molar-refractivity contribution >= 4 is 5.78 Å². The molecule has 0 unspecified atom stereocenters. The maximum absolute atomic E-state index is 10.9. The third-order valence-corrected chi connectivity index (χ3v) is 1.94. The van der Waals surface area contributed by atoms with Crippen molar-refractivity contribution in [2.75, 3.05) is 0 Å². The van der Waals surface area contributed by atoms with E-state index in [4.69, 9.17) is 5.73 Å². The lowest BCUT2D eigenvalue weighted by atomic mass is 9.94. The Bertz CT molecular complexity index is 182. The minimum Gasteiger partial charge on any atom is -0.402 e. The van der Waals surface area contributed by atoms with E-state index in [2.05, 4.69) is 0 Å². The lowest BCUT2D eigenvalue weighted by Gasteiger charge is -2.14. The number of carbonyl (C=O) groups is 1. The van der Waals surface area contributed by atoms with Gasteiger partial charge in [-0.1, -0.05) is 0 Å². The standard InChI is InChI=1S/C8H13NO/c1-6(10)7-4-2-3-5-8(7)9/h2-5,9H2,1H3. The number of hydrogen-bond acceptors (Lipinski definition) is 2. The zero-order valence-corrected chi connectivity index (χ0v) is 6.31. The van der Waals surface area contributed by atoms with Crippen molar-refractivity contribution in [2.45, 2.75) is 32.6 Å². The zero-order valence-electron chi connectivity index (χ0n) is 6.31. The molecule has 2 nitrogen and oxygen atoms in total. The second kappa shape index (κ2) is 2.86. The van der Waals surface area contributed by atoms with Crippen LogP contribution < -0.4 is 5.73 Å². The Balaban J connectivity index is 2.78. The van der Waals surface area contributed by atoms with E-state index in [0.717, 1.165) is 37.0 Å². The number of rotatable bonds is 1. The molecule has 56 valence electrons. The quantitative estimate of drug-likeness (QED) is 0.596. The van der Waals surface area contributed by atoms with E-state index in [1.807, 2.05) is 0 Å². The van der Waals surface area contributed by atoms with Crippen molar-refractivity contribution in [3.05, 3.63) is 11.3 Å². The van der Waals surface area contributed by atoms with E-state index in [-0.39, 0.29) is 5.78 Å². The predicted molar refractivity (Wildman–Crippen MR) is 40.4 cm³/mol. The molecule has 2 heteroatoms. The van der Waals surface area contributed by atoms with Crippen LogP contribution in [0.2, 0.25) is 0 Å². The first-order valence-corrected chi connectivity index (χ1v) is 3.70. The summed E-state index contributed by atoms with van der Waals surface area (Å²) in [7, 11) is 0. The summed E-state index contributed by atoms with van der Waals surface area (Å²) in [4.78, 5) is 10.9. The Morgan fingerprint density at radius 2 is 2.00 bits per heavy atom. The average molecular weight is 139 g/mol. The Morgan fingerprint density at radius 1 is 1.40 bits per heavy atom. The molecule has 0 heterocycles. The SMILES string of the molecule is CC(=O)C1=C(N)CCCC1. The van der Waals surface area contributed by atoms with Crippen LogP contribution in [-0.4, -0.2) is 5.78 Å². The second-order valence-corrected chi connectivity index (χ2v) is 2.77. The molecule has 1 aliphatic carbocycles. The minimum atomic E-state index is 0.150. The number of Topliss-reactive ketones (excluding diaryl/α,β-unsaturated/α-hetero) is 1. The van der Waals surface area contributed by atoms with Crippen molar-refractivity contribution in [2.24, 2.45) is 5.73 Å². The van der Waals surface area contributed by atoms with Crippen LogP contribution >= 0.6 is 0 Å². The first-order chi connectivity index (χ1) is 4.72. The fourth-order valence-corrected chi connectivity index (χ4v) is 1.33. The van der Waals surface area contributed by atoms with Gasteiger partial charge in [-0.3, -0.25) is 4.79 Å². The van der Waals surface area contributed by atoms with Gasteiger partial charge in [0.15, 0.2) is 5.78 Å². The molecule has 0 aromatic rings. The van der Waals surface area contributed by atoms with Gasteiger partial charge in [-0.15, -0.1) is 0 Å². The van der Waals surface area contributed by atoms with Gasteiger partial charge in [0.05, 0.1) is 0 Å². The monoisotopic (exact) mass is 139 g/mol. The summed E-state index contributed by atoms with van der Waals surface area (Å²) in [6.45, 7) is 1.59. The summed E-state index contributed by atoms with van der Waals surface area (Å²) in [5.74, 6) is 0.150. The van der Waals surface area contributed by atoms with Crippen LogP contribution in [-0.2, 0) is 4.79 Å². The highest BCUT2D eigenvalue weighted by molar-refractivity contribution is 5.93. The molecule has 0 saturated heterocycles. The summed E-state index contributed by atoms with van der Waals surface area (Å²) >= 11 is 0. The number of ketones is 1. The molecule has 2 N–H and O–H groups in total. The van der Waals surface area contributed by atoms with Gasteiger partial charge in [0, 0.05) is 11.3 Å². The Hall–Kier alpha value is -0.790. The molecule has 0 aromatic carbocycles. The van der Waals surface area contributed by atoms with Gasteiger partial charge in [-0.2, -0.15) is 0 Å². The average Bonchev–Trinajstić information content (AvgIpc) is 1.88. The molecule has 0 amide bonds. The fraction of sp³-hybridized carbons (Fsp3) is 0.625. The molecular weight excluding hydrogens is 126 g/mol. The lowest BCUT2D eigenvalue weighted by molar-refractivity contribution is -0.113. The summed E-state index contributed by atoms with van der Waals surface area (Å²) < 4.78 is 0. The van der Waals surface area contributed by atoms with Crippen molar-refractivity contribution < 1.29 is 4.79 Å². The van der Waals surface area contributed by atoms with Gasteiger partial charge in [0.1, 0.15) is 0 Å². The highest BCUT2D eigenvalue weighted by Crippen LogP contribution is 2.21. The highest BCUT2D eigenvalue weighted by atomic mass is 16.1. The molecule has 1 aliphatic rings. The molecule has 0 fully saturated rings. The van der Waals surface area contributed by atoms with E-state index in [1.54, 1.807) is 6.92 Å². The molecule has 0 aromatic heterocycles. The molecule has 0 bridgehead atoms. The van der Waals surface area contributed by atoms with Gasteiger partial charge < -0.3 is 5.73 Å². The number of hydrogen-bond donors (Lipinski definition) is 1. The topological polar surface area (TPSA) is 43.1 Å². The summed E-state index contributed by atoms with van der Waals surface area (Å²) in [5, 5.41) is 0. The fourth-order valence-electron chi connectivity index (χ4n) is 1.33. The lowest BCUT2D eigenvalue weighted by Crippen LogP contribution is -2.12. The van der Waals surface area contributed by atoms with Crippen molar-refractivity contribution in [1.29, 1.82) is 0 Å². The molecule has 0 spiro atoms. The van der Waals surface area contributed by atoms with Gasteiger partial charge in [-0.25, -0.2) is 0 Å². The maximum Gasteiger partial charge on any atom is 0.157 e. The van der Waals surface area contributed by atoms with E-state index in [0.29, 0.717) is 0 Å². The molecule has 0 atom stereocenters. The molecule has 1 rings (SSSR count). The van der Waals surface area contributed by atoms with Crippen LogP contribution in [0.4, 0.5) is 0 Å². The Kier molecular flexibility index (Phi) is 2.10. The zero-order chi connectivity index (χ0) is 7.56. The highest BCUT2D eigenvalue weighted by Gasteiger charge is 2.12. The number of nitrogens with two attached hydrogens (primary N) is 1. The van der Waals surface area contributed by atoms with E-state index in [1.165, 1.54) is 0 Å². The maximum atomic E-state index is 10.9. The van der Waals surface area contributed by atoms with Crippen LogP contribution in [0.1, 0.15) is 32.6 Å². The van der Waals surface area contributed by atoms with Crippen molar-refractivity contribution in [1.82, 2.24) is 0 Å². The third kappa shape index (κ3) is 1.38. The largest absolute Gasteiger partial charge is 0.402 e. The normalized spacial score (nSPS) is 19.3. The Labute approximate surface area is 61.1 Å². The molecule has 10 heavy (non-hydrogen) atoms. The van der Waals surface area contributed by atoms with E-state index >= 15 is 0 Å². The molecule has 0 saturated carbocycles.